The summed E-state index contributed by atoms with van der Waals surface area (Å²) >= 11 is 0. The molecule has 3 unspecified atom stereocenters. The standard InChI is InChI=1S/C29H31F2N5O2/c1-17-10-19(27(24(31)11-17)28-23(30)5-4-21(16-37)36-28)13-20-12-18(22-6-8-35-15-26(22)34-2)14-25(33)29(20)38-9-3-7-32/h4-6,8,10-11,15-16,18,20,25,29,34H,3,9,12-14,33H2,1-2H3/t18?,20-,25?,29?/m1/s1. The molecule has 1 aliphatic rings. The van der Waals surface area contributed by atoms with E-state index in [1.165, 1.54) is 12.1 Å². The Morgan fingerprint density at radius 3 is 2.79 bits per heavy atom. The lowest BCUT2D eigenvalue weighted by Crippen LogP contribution is -2.48. The maximum absolute atomic E-state index is 15.4. The fraction of sp³-hybridized carbons (Fsp3) is 0.379. The molecule has 0 saturated heterocycles. The van der Waals surface area contributed by atoms with Crippen LogP contribution < -0.4 is 11.1 Å². The van der Waals surface area contributed by atoms with E-state index in [-0.39, 0.29) is 54.0 Å². The summed E-state index contributed by atoms with van der Waals surface area (Å²) in [6.07, 6.45) is 5.57. The van der Waals surface area contributed by atoms with Gasteiger partial charge in [0, 0.05) is 24.8 Å². The highest BCUT2D eigenvalue weighted by Gasteiger charge is 2.38. The fourth-order valence-corrected chi connectivity index (χ4v) is 5.55. The topological polar surface area (TPSA) is 114 Å². The molecule has 2 heterocycles. The number of ether oxygens (including phenoxy) is 1. The molecule has 38 heavy (non-hydrogen) atoms. The van der Waals surface area contributed by atoms with E-state index in [4.69, 9.17) is 15.7 Å². The summed E-state index contributed by atoms with van der Waals surface area (Å²) in [6, 6.07) is 9.26. The van der Waals surface area contributed by atoms with Crippen LogP contribution in [0.3, 0.4) is 0 Å². The first-order valence-electron chi connectivity index (χ1n) is 12.6. The van der Waals surface area contributed by atoms with Gasteiger partial charge in [0.2, 0.25) is 0 Å². The molecule has 0 aliphatic heterocycles. The molecule has 3 N–H and O–H groups in total. The number of nitrogens with one attached hydrogen (secondary N) is 1. The van der Waals surface area contributed by atoms with E-state index >= 15 is 4.39 Å². The molecule has 4 atom stereocenters. The van der Waals surface area contributed by atoms with E-state index in [2.05, 4.69) is 21.4 Å². The molecule has 4 rings (SSSR count). The van der Waals surface area contributed by atoms with Crippen molar-refractivity contribution in [1.29, 1.82) is 5.26 Å². The number of aldehydes is 1. The lowest BCUT2D eigenvalue weighted by atomic mass is 9.71. The SMILES string of the molecule is CNc1cnccc1C1CC(N)C(OCCC#N)[C@@H](Cc2cc(C)cc(F)c2-c2nc(C=O)ccc2F)C1. The molecule has 1 aromatic carbocycles. The zero-order valence-corrected chi connectivity index (χ0v) is 21.5. The molecule has 1 aliphatic carbocycles. The second-order valence-electron chi connectivity index (χ2n) is 9.72. The van der Waals surface area contributed by atoms with Gasteiger partial charge in [0.25, 0.3) is 0 Å². The number of nitrogens with two attached hydrogens (primary N) is 1. The van der Waals surface area contributed by atoms with Crippen LogP contribution >= 0.6 is 0 Å². The van der Waals surface area contributed by atoms with Crippen LogP contribution in [0.15, 0.2) is 42.7 Å². The largest absolute Gasteiger partial charge is 0.387 e. The highest BCUT2D eigenvalue weighted by molar-refractivity contribution is 5.75. The number of hydrogen-bond acceptors (Lipinski definition) is 7. The van der Waals surface area contributed by atoms with Crippen molar-refractivity contribution in [1.82, 2.24) is 9.97 Å². The summed E-state index contributed by atoms with van der Waals surface area (Å²) < 4.78 is 36.5. The van der Waals surface area contributed by atoms with Gasteiger partial charge in [-0.25, -0.2) is 13.8 Å². The number of nitrogens with zero attached hydrogens (tertiary/aromatic N) is 3. The highest BCUT2D eigenvalue weighted by Crippen LogP contribution is 2.42. The molecule has 0 radical (unpaired) electrons. The average molecular weight is 520 g/mol. The Morgan fingerprint density at radius 2 is 2.05 bits per heavy atom. The number of carbonyl (C=O) groups excluding carboxylic acids is 1. The normalized spacial score (nSPS) is 21.1. The Balaban J connectivity index is 1.76. The van der Waals surface area contributed by atoms with Gasteiger partial charge in [-0.05, 0) is 79.0 Å². The quantitative estimate of drug-likeness (QED) is 0.304. The minimum Gasteiger partial charge on any atom is -0.387 e. The molecule has 9 heteroatoms. The van der Waals surface area contributed by atoms with Crippen molar-refractivity contribution in [3.63, 3.8) is 0 Å². The third-order valence-corrected chi connectivity index (χ3v) is 7.14. The molecule has 3 aromatic rings. The van der Waals surface area contributed by atoms with Crippen LogP contribution in [0.2, 0.25) is 0 Å². The molecule has 1 saturated carbocycles. The average Bonchev–Trinajstić information content (AvgIpc) is 2.90. The van der Waals surface area contributed by atoms with Crippen molar-refractivity contribution < 1.29 is 18.3 Å². The summed E-state index contributed by atoms with van der Waals surface area (Å²) in [7, 11) is 1.84. The van der Waals surface area contributed by atoms with Gasteiger partial charge in [0.15, 0.2) is 6.29 Å². The van der Waals surface area contributed by atoms with E-state index in [0.29, 0.717) is 36.7 Å². The number of anilines is 1. The van der Waals surface area contributed by atoms with Crippen molar-refractivity contribution in [2.24, 2.45) is 11.7 Å². The number of benzene rings is 1. The van der Waals surface area contributed by atoms with Gasteiger partial charge in [0.05, 0.1) is 37.1 Å². The van der Waals surface area contributed by atoms with Gasteiger partial charge in [0.1, 0.15) is 23.0 Å². The summed E-state index contributed by atoms with van der Waals surface area (Å²) in [5, 5.41) is 12.2. The van der Waals surface area contributed by atoms with Gasteiger partial charge in [-0.15, -0.1) is 0 Å². The molecule has 1 fully saturated rings. The second-order valence-corrected chi connectivity index (χ2v) is 9.72. The number of halogens is 2. The maximum Gasteiger partial charge on any atom is 0.168 e. The zero-order valence-electron chi connectivity index (χ0n) is 21.5. The fourth-order valence-electron chi connectivity index (χ4n) is 5.55. The predicted molar refractivity (Wildman–Crippen MR) is 141 cm³/mol. The lowest BCUT2D eigenvalue weighted by Gasteiger charge is -2.41. The highest BCUT2D eigenvalue weighted by atomic mass is 19.1. The van der Waals surface area contributed by atoms with Crippen LogP contribution in [0.5, 0.6) is 0 Å². The molecule has 7 nitrogen and oxygen atoms in total. The minimum absolute atomic E-state index is 0.0158. The van der Waals surface area contributed by atoms with Crippen LogP contribution in [-0.4, -0.2) is 42.1 Å². The van der Waals surface area contributed by atoms with E-state index in [1.807, 2.05) is 19.2 Å². The van der Waals surface area contributed by atoms with Gasteiger partial charge in [-0.3, -0.25) is 9.78 Å². The summed E-state index contributed by atoms with van der Waals surface area (Å²) in [6.45, 7) is 2.01. The zero-order chi connectivity index (χ0) is 27.2. The van der Waals surface area contributed by atoms with Crippen molar-refractivity contribution in [3.8, 4) is 17.3 Å². The first kappa shape index (κ1) is 27.3. The van der Waals surface area contributed by atoms with Gasteiger partial charge < -0.3 is 15.8 Å². The van der Waals surface area contributed by atoms with Gasteiger partial charge in [-0.2, -0.15) is 5.26 Å². The molecule has 0 amide bonds. The third-order valence-electron chi connectivity index (χ3n) is 7.14. The Hall–Kier alpha value is -3.74. The van der Waals surface area contributed by atoms with Crippen LogP contribution in [0.4, 0.5) is 14.5 Å². The number of nitriles is 1. The maximum atomic E-state index is 15.4. The minimum atomic E-state index is -0.713. The first-order chi connectivity index (χ1) is 18.4. The van der Waals surface area contributed by atoms with Crippen molar-refractivity contribution >= 4 is 12.0 Å². The van der Waals surface area contributed by atoms with Crippen LogP contribution in [0, 0.1) is 35.8 Å². The second kappa shape index (κ2) is 12.2. The smallest absolute Gasteiger partial charge is 0.168 e. The molecular formula is C29H31F2N5O2. The van der Waals surface area contributed by atoms with Crippen LogP contribution in [0.1, 0.15) is 52.4 Å². The Morgan fingerprint density at radius 1 is 1.24 bits per heavy atom. The first-order valence-corrected chi connectivity index (χ1v) is 12.6. The van der Waals surface area contributed by atoms with Gasteiger partial charge >= 0.3 is 0 Å². The van der Waals surface area contributed by atoms with Crippen molar-refractivity contribution in [2.45, 2.75) is 50.7 Å². The van der Waals surface area contributed by atoms with Gasteiger partial charge in [-0.1, -0.05) is 6.07 Å². The third kappa shape index (κ3) is 5.87. The Labute approximate surface area is 221 Å². The summed E-state index contributed by atoms with van der Waals surface area (Å²) in [4.78, 5) is 19.6. The molecular weight excluding hydrogens is 488 g/mol. The molecule has 0 bridgehead atoms. The number of aromatic nitrogens is 2. The number of pyridine rings is 2. The van der Waals surface area contributed by atoms with E-state index in [1.54, 1.807) is 19.3 Å². The molecule has 0 spiro atoms. The summed E-state index contributed by atoms with van der Waals surface area (Å²) in [5.41, 5.74) is 9.75. The molecule has 198 valence electrons. The number of aryl methyl sites for hydroxylation is 1. The van der Waals surface area contributed by atoms with E-state index in [0.717, 1.165) is 17.3 Å². The lowest BCUT2D eigenvalue weighted by molar-refractivity contribution is -0.0256. The molecule has 2 aromatic heterocycles. The summed E-state index contributed by atoms with van der Waals surface area (Å²) in [5.74, 6) is -1.39. The van der Waals surface area contributed by atoms with Crippen LogP contribution in [-0.2, 0) is 11.2 Å². The Kier molecular flexibility index (Phi) is 8.77. The Bertz CT molecular complexity index is 1340. The van der Waals surface area contributed by atoms with Crippen molar-refractivity contribution in [3.05, 3.63) is 76.7 Å². The van der Waals surface area contributed by atoms with Crippen molar-refractivity contribution in [2.75, 3.05) is 19.0 Å². The van der Waals surface area contributed by atoms with E-state index < -0.39 is 11.6 Å². The number of hydrogen-bond donors (Lipinski definition) is 2. The number of carbonyl (C=O) groups is 1. The van der Waals surface area contributed by atoms with E-state index in [9.17, 15) is 9.18 Å². The monoisotopic (exact) mass is 519 g/mol. The van der Waals surface area contributed by atoms with Crippen LogP contribution in [0.25, 0.3) is 11.3 Å². The predicted octanol–water partition coefficient (Wildman–Crippen LogP) is 4.95. The number of rotatable bonds is 9.